The number of thiophene rings is 1. The zero-order valence-corrected chi connectivity index (χ0v) is 23.5. The van der Waals surface area contributed by atoms with Crippen LogP contribution >= 0.6 is 11.3 Å². The molecular formula is C33H33N3O3S. The standard InChI is InChI=1S/C33H33N3O3S/c1-22(28-10-5-21-40-28)36-31(38)25-7-4-9-27(29(25)32(36)39)34-17-12-24(13-18-34)30(37)35-19-15-33(16-20-35)14-11-23-6-2-3-8-26(23)33/h2-11,14,21-22,24H,12-13,15-20H2,1H3. The number of fused-ring (bicyclic) bond motifs is 3. The first kappa shape index (κ1) is 25.3. The highest BCUT2D eigenvalue weighted by atomic mass is 32.1. The average molecular weight is 552 g/mol. The van der Waals surface area contributed by atoms with Gasteiger partial charge in [0.05, 0.1) is 22.9 Å². The Balaban J connectivity index is 1.01. The topological polar surface area (TPSA) is 60.9 Å². The number of allylic oxidation sites excluding steroid dienone is 1. The monoisotopic (exact) mass is 551 g/mol. The Morgan fingerprint density at radius 2 is 1.70 bits per heavy atom. The van der Waals surface area contributed by atoms with Crippen LogP contribution in [0.5, 0.6) is 0 Å². The van der Waals surface area contributed by atoms with Crippen molar-refractivity contribution in [1.82, 2.24) is 9.80 Å². The van der Waals surface area contributed by atoms with Crippen LogP contribution in [0.1, 0.15) is 75.4 Å². The summed E-state index contributed by atoms with van der Waals surface area (Å²) in [4.78, 5) is 47.1. The van der Waals surface area contributed by atoms with Gasteiger partial charge in [0.25, 0.3) is 11.8 Å². The molecule has 0 saturated carbocycles. The molecule has 1 aromatic heterocycles. The van der Waals surface area contributed by atoms with E-state index < -0.39 is 0 Å². The van der Waals surface area contributed by atoms with Gasteiger partial charge in [0.2, 0.25) is 5.91 Å². The largest absolute Gasteiger partial charge is 0.371 e. The molecule has 1 atom stereocenters. The molecule has 7 rings (SSSR count). The Hall–Kier alpha value is -3.71. The molecule has 0 radical (unpaired) electrons. The van der Waals surface area contributed by atoms with Crippen molar-refractivity contribution in [2.75, 3.05) is 31.1 Å². The second kappa shape index (κ2) is 9.73. The lowest BCUT2D eigenvalue weighted by Gasteiger charge is -2.42. The quantitative estimate of drug-likeness (QED) is 0.379. The first-order valence-electron chi connectivity index (χ1n) is 14.3. The summed E-state index contributed by atoms with van der Waals surface area (Å²) in [5, 5.41) is 1.97. The summed E-state index contributed by atoms with van der Waals surface area (Å²) in [6.07, 6.45) is 8.04. The van der Waals surface area contributed by atoms with E-state index in [0.717, 1.165) is 49.3 Å². The molecule has 1 aliphatic carbocycles. The normalized spacial score (nSPS) is 20.8. The van der Waals surface area contributed by atoms with Gasteiger partial charge in [-0.3, -0.25) is 19.3 Å². The third-order valence-electron chi connectivity index (χ3n) is 9.50. The molecule has 7 heteroatoms. The first-order chi connectivity index (χ1) is 19.5. The molecule has 2 aromatic carbocycles. The molecule has 3 amide bonds. The van der Waals surface area contributed by atoms with Crippen LogP contribution < -0.4 is 4.90 Å². The van der Waals surface area contributed by atoms with Gasteiger partial charge < -0.3 is 9.80 Å². The minimum absolute atomic E-state index is 0.00106. The number of amides is 3. The van der Waals surface area contributed by atoms with Gasteiger partial charge in [0.1, 0.15) is 0 Å². The maximum Gasteiger partial charge on any atom is 0.264 e. The van der Waals surface area contributed by atoms with Crippen molar-refractivity contribution in [1.29, 1.82) is 0 Å². The van der Waals surface area contributed by atoms with E-state index in [1.54, 1.807) is 17.4 Å². The smallest absolute Gasteiger partial charge is 0.264 e. The molecule has 204 valence electrons. The summed E-state index contributed by atoms with van der Waals surface area (Å²) in [5.74, 6) is -0.179. The Morgan fingerprint density at radius 1 is 0.925 bits per heavy atom. The summed E-state index contributed by atoms with van der Waals surface area (Å²) in [7, 11) is 0. The van der Waals surface area contributed by atoms with E-state index in [4.69, 9.17) is 0 Å². The van der Waals surface area contributed by atoms with Gasteiger partial charge in [-0.25, -0.2) is 0 Å². The zero-order valence-electron chi connectivity index (χ0n) is 22.7. The highest BCUT2D eigenvalue weighted by molar-refractivity contribution is 7.10. The fourth-order valence-corrected chi connectivity index (χ4v) is 7.95. The van der Waals surface area contributed by atoms with Crippen LogP contribution in [0.3, 0.4) is 0 Å². The Bertz CT molecular complexity index is 1510. The van der Waals surface area contributed by atoms with Crippen LogP contribution in [0.4, 0.5) is 5.69 Å². The van der Waals surface area contributed by atoms with Crippen LogP contribution in [0.25, 0.3) is 6.08 Å². The van der Waals surface area contributed by atoms with Gasteiger partial charge >= 0.3 is 0 Å². The Kier molecular flexibility index (Phi) is 6.15. The predicted octanol–water partition coefficient (Wildman–Crippen LogP) is 5.91. The number of likely N-dealkylation sites (tertiary alicyclic amines) is 1. The number of benzene rings is 2. The van der Waals surface area contributed by atoms with Gasteiger partial charge in [0, 0.05) is 42.4 Å². The number of carbonyl (C=O) groups excluding carboxylic acids is 3. The van der Waals surface area contributed by atoms with Gasteiger partial charge in [-0.05, 0) is 67.3 Å². The summed E-state index contributed by atoms with van der Waals surface area (Å²) < 4.78 is 0. The summed E-state index contributed by atoms with van der Waals surface area (Å²) in [6.45, 7) is 4.89. The minimum atomic E-state index is -0.305. The van der Waals surface area contributed by atoms with E-state index in [1.807, 2.05) is 36.6 Å². The molecule has 3 aromatic rings. The van der Waals surface area contributed by atoms with Crippen molar-refractivity contribution in [3.05, 3.63) is 93.2 Å². The molecule has 40 heavy (non-hydrogen) atoms. The van der Waals surface area contributed by atoms with Crippen LogP contribution in [0.15, 0.2) is 66.1 Å². The number of piperidine rings is 2. The van der Waals surface area contributed by atoms with Crippen molar-refractivity contribution in [2.45, 2.75) is 44.1 Å². The van der Waals surface area contributed by atoms with Crippen molar-refractivity contribution in [3.8, 4) is 0 Å². The van der Waals surface area contributed by atoms with Crippen molar-refractivity contribution in [3.63, 3.8) is 0 Å². The maximum absolute atomic E-state index is 13.6. The number of hydrogen-bond donors (Lipinski definition) is 0. The van der Waals surface area contributed by atoms with Gasteiger partial charge in [-0.1, -0.05) is 48.6 Å². The van der Waals surface area contributed by atoms with Crippen LogP contribution in [0, 0.1) is 5.92 Å². The molecule has 0 N–H and O–H groups in total. The Morgan fingerprint density at radius 3 is 2.45 bits per heavy atom. The van der Waals surface area contributed by atoms with Crippen LogP contribution in [0.2, 0.25) is 0 Å². The summed E-state index contributed by atoms with van der Waals surface area (Å²) in [5.41, 5.74) is 4.59. The molecule has 2 fully saturated rings. The predicted molar refractivity (Wildman–Crippen MR) is 158 cm³/mol. The van der Waals surface area contributed by atoms with E-state index >= 15 is 0 Å². The SMILES string of the molecule is CC(c1cccs1)N1C(=O)c2cccc(N3CCC(C(=O)N4CCC5(C=Cc6ccccc65)CC4)CC3)c2C1=O. The van der Waals surface area contributed by atoms with Gasteiger partial charge in [-0.15, -0.1) is 11.3 Å². The molecule has 1 spiro atoms. The molecule has 3 aliphatic heterocycles. The molecule has 6 nitrogen and oxygen atoms in total. The molecule has 2 saturated heterocycles. The van der Waals surface area contributed by atoms with E-state index in [2.05, 4.69) is 46.2 Å². The number of anilines is 1. The van der Waals surface area contributed by atoms with E-state index in [0.29, 0.717) is 24.2 Å². The van der Waals surface area contributed by atoms with E-state index in [-0.39, 0.29) is 35.1 Å². The lowest BCUT2D eigenvalue weighted by molar-refractivity contribution is -0.137. The second-order valence-corrected chi connectivity index (χ2v) is 12.5. The molecule has 4 heterocycles. The van der Waals surface area contributed by atoms with Crippen molar-refractivity contribution >= 4 is 40.8 Å². The molecular weight excluding hydrogens is 518 g/mol. The van der Waals surface area contributed by atoms with Crippen LogP contribution in [-0.4, -0.2) is 53.7 Å². The molecule has 1 unspecified atom stereocenters. The average Bonchev–Trinajstić information content (AvgIpc) is 3.72. The fraction of sp³-hybridized carbons (Fsp3) is 0.364. The van der Waals surface area contributed by atoms with Crippen molar-refractivity contribution < 1.29 is 14.4 Å². The number of rotatable bonds is 4. The number of imide groups is 1. The minimum Gasteiger partial charge on any atom is -0.371 e. The van der Waals surface area contributed by atoms with E-state index in [1.165, 1.54) is 16.0 Å². The Labute approximate surface area is 238 Å². The van der Waals surface area contributed by atoms with Crippen LogP contribution in [-0.2, 0) is 10.2 Å². The fourth-order valence-electron chi connectivity index (χ4n) is 7.18. The highest BCUT2D eigenvalue weighted by Gasteiger charge is 2.43. The van der Waals surface area contributed by atoms with E-state index in [9.17, 15) is 14.4 Å². The second-order valence-electron chi connectivity index (χ2n) is 11.5. The maximum atomic E-state index is 13.6. The molecule has 4 aliphatic rings. The first-order valence-corrected chi connectivity index (χ1v) is 15.2. The molecule has 0 bridgehead atoms. The summed E-state index contributed by atoms with van der Waals surface area (Å²) in [6, 6.07) is 17.8. The van der Waals surface area contributed by atoms with Gasteiger partial charge in [0.15, 0.2) is 0 Å². The third-order valence-corrected chi connectivity index (χ3v) is 10.5. The lowest BCUT2D eigenvalue weighted by Crippen LogP contribution is -2.48. The third kappa shape index (κ3) is 3.93. The van der Waals surface area contributed by atoms with Crippen molar-refractivity contribution in [2.24, 2.45) is 5.92 Å². The summed E-state index contributed by atoms with van der Waals surface area (Å²) >= 11 is 1.55. The number of carbonyl (C=O) groups is 3. The van der Waals surface area contributed by atoms with Gasteiger partial charge in [-0.2, -0.15) is 0 Å². The highest BCUT2D eigenvalue weighted by Crippen LogP contribution is 2.44. The zero-order chi connectivity index (χ0) is 27.4. The number of nitrogens with zero attached hydrogens (tertiary/aromatic N) is 3. The lowest BCUT2D eigenvalue weighted by atomic mass is 9.74. The number of hydrogen-bond acceptors (Lipinski definition) is 5.